The lowest BCUT2D eigenvalue weighted by atomic mass is 9.87. The average Bonchev–Trinajstić information content (AvgIpc) is 2.40. The molecule has 1 aliphatic heterocycles. The van der Waals surface area contributed by atoms with Gasteiger partial charge in [0.1, 0.15) is 0 Å². The molecule has 1 unspecified atom stereocenters. The molecule has 1 fully saturated rings. The van der Waals surface area contributed by atoms with E-state index in [0.29, 0.717) is 0 Å². The zero-order valence-corrected chi connectivity index (χ0v) is 11.7. The molecule has 2 rings (SSSR count). The lowest BCUT2D eigenvalue weighted by Crippen LogP contribution is -2.55. The number of hydrogen-bond donors (Lipinski definition) is 1. The monoisotopic (exact) mass is 246 g/mol. The van der Waals surface area contributed by atoms with Crippen LogP contribution in [0, 0.1) is 5.92 Å². The highest BCUT2D eigenvalue weighted by Gasteiger charge is 2.32. The number of likely N-dealkylation sites (tertiary alicyclic amines) is 1. The van der Waals surface area contributed by atoms with Crippen LogP contribution < -0.4 is 5.73 Å². The van der Waals surface area contributed by atoms with E-state index in [1.807, 2.05) is 0 Å². The Morgan fingerprint density at radius 1 is 1.22 bits per heavy atom. The van der Waals surface area contributed by atoms with E-state index < -0.39 is 0 Å². The Morgan fingerprint density at radius 2 is 1.83 bits per heavy atom. The Morgan fingerprint density at radius 3 is 2.39 bits per heavy atom. The molecular weight excluding hydrogens is 220 g/mol. The van der Waals surface area contributed by atoms with Crippen molar-refractivity contribution in [3.8, 4) is 0 Å². The van der Waals surface area contributed by atoms with E-state index in [-0.39, 0.29) is 5.54 Å². The van der Waals surface area contributed by atoms with Crippen molar-refractivity contribution < 1.29 is 0 Å². The molecule has 1 aromatic rings. The molecule has 0 aromatic heterocycles. The molecule has 2 nitrogen and oxygen atoms in total. The molecule has 100 valence electrons. The lowest BCUT2D eigenvalue weighted by molar-refractivity contribution is 0.0709. The van der Waals surface area contributed by atoms with Gasteiger partial charge in [0.25, 0.3) is 0 Å². The second-order valence-corrected chi connectivity index (χ2v) is 6.03. The number of rotatable bonds is 4. The second-order valence-electron chi connectivity index (χ2n) is 6.03. The van der Waals surface area contributed by atoms with E-state index in [9.17, 15) is 0 Å². The first-order valence-electron chi connectivity index (χ1n) is 7.13. The minimum absolute atomic E-state index is 0.113. The minimum atomic E-state index is 0.113. The lowest BCUT2D eigenvalue weighted by Gasteiger charge is -2.44. The molecule has 1 aliphatic rings. The van der Waals surface area contributed by atoms with E-state index in [1.165, 1.54) is 31.5 Å². The second kappa shape index (κ2) is 5.85. The molecule has 0 saturated carbocycles. The summed E-state index contributed by atoms with van der Waals surface area (Å²) in [6.07, 6.45) is 3.67. The van der Waals surface area contributed by atoms with E-state index in [4.69, 9.17) is 5.73 Å². The van der Waals surface area contributed by atoms with Crippen molar-refractivity contribution in [2.24, 2.45) is 11.7 Å². The van der Waals surface area contributed by atoms with Crippen molar-refractivity contribution in [1.82, 2.24) is 4.90 Å². The first-order chi connectivity index (χ1) is 8.64. The fourth-order valence-electron chi connectivity index (χ4n) is 2.90. The van der Waals surface area contributed by atoms with Gasteiger partial charge in [-0.1, -0.05) is 37.3 Å². The number of nitrogens with zero attached hydrogens (tertiary/aromatic N) is 1. The summed E-state index contributed by atoms with van der Waals surface area (Å²) >= 11 is 0. The van der Waals surface area contributed by atoms with Crippen molar-refractivity contribution in [3.05, 3.63) is 35.9 Å². The summed E-state index contributed by atoms with van der Waals surface area (Å²) < 4.78 is 0. The zero-order valence-electron chi connectivity index (χ0n) is 11.7. The van der Waals surface area contributed by atoms with Gasteiger partial charge in [-0.3, -0.25) is 4.90 Å². The number of benzene rings is 1. The first kappa shape index (κ1) is 13.6. The molecule has 0 spiro atoms. The molecule has 0 aliphatic carbocycles. The topological polar surface area (TPSA) is 29.3 Å². The van der Waals surface area contributed by atoms with Gasteiger partial charge in [0.2, 0.25) is 0 Å². The zero-order chi connectivity index (χ0) is 13.0. The third kappa shape index (κ3) is 3.12. The van der Waals surface area contributed by atoms with Gasteiger partial charge >= 0.3 is 0 Å². The Bertz CT molecular complexity index is 355. The predicted molar refractivity (Wildman–Crippen MR) is 77.6 cm³/mol. The summed E-state index contributed by atoms with van der Waals surface area (Å²) in [5.74, 6) is 0.875. The largest absolute Gasteiger partial charge is 0.329 e. The molecule has 0 bridgehead atoms. The molecule has 2 N–H and O–H groups in total. The number of hydrogen-bond acceptors (Lipinski definition) is 2. The van der Waals surface area contributed by atoms with Crippen LogP contribution in [0.25, 0.3) is 0 Å². The molecule has 0 amide bonds. The van der Waals surface area contributed by atoms with Gasteiger partial charge in [0, 0.05) is 12.1 Å². The Hall–Kier alpha value is -0.860. The van der Waals surface area contributed by atoms with Gasteiger partial charge in [-0.25, -0.2) is 0 Å². The summed E-state index contributed by atoms with van der Waals surface area (Å²) in [6.45, 7) is 7.80. The standard InChI is InChI=1S/C16H26N2/c1-14-8-10-18(11-9-14)16(2,13-17)12-15-6-4-3-5-7-15/h3-7,14H,8-13,17H2,1-2H3. The Kier molecular flexibility index (Phi) is 4.41. The summed E-state index contributed by atoms with van der Waals surface area (Å²) in [7, 11) is 0. The smallest absolute Gasteiger partial charge is 0.0343 e. The van der Waals surface area contributed by atoms with Gasteiger partial charge in [0.05, 0.1) is 0 Å². The van der Waals surface area contributed by atoms with Crippen LogP contribution in [0.15, 0.2) is 30.3 Å². The molecule has 1 atom stereocenters. The van der Waals surface area contributed by atoms with Crippen molar-refractivity contribution in [2.75, 3.05) is 19.6 Å². The van der Waals surface area contributed by atoms with Gasteiger partial charge in [-0.2, -0.15) is 0 Å². The molecule has 0 radical (unpaired) electrons. The fourth-order valence-corrected chi connectivity index (χ4v) is 2.90. The number of piperidine rings is 1. The molecule has 1 heterocycles. The molecular formula is C16H26N2. The summed E-state index contributed by atoms with van der Waals surface area (Å²) in [5.41, 5.74) is 7.58. The SMILES string of the molecule is CC1CCN(C(C)(CN)Cc2ccccc2)CC1. The van der Waals surface area contributed by atoms with E-state index in [0.717, 1.165) is 18.9 Å². The maximum Gasteiger partial charge on any atom is 0.0343 e. The van der Waals surface area contributed by atoms with Crippen LogP contribution in [0.1, 0.15) is 32.3 Å². The molecule has 2 heteroatoms. The van der Waals surface area contributed by atoms with E-state index in [1.54, 1.807) is 0 Å². The third-order valence-corrected chi connectivity index (χ3v) is 4.41. The Labute approximate surface area is 111 Å². The Balaban J connectivity index is 2.05. The van der Waals surface area contributed by atoms with Crippen LogP contribution in [0.5, 0.6) is 0 Å². The van der Waals surface area contributed by atoms with Gasteiger partial charge < -0.3 is 5.73 Å². The van der Waals surface area contributed by atoms with Crippen molar-refractivity contribution in [1.29, 1.82) is 0 Å². The fraction of sp³-hybridized carbons (Fsp3) is 0.625. The third-order valence-electron chi connectivity index (χ3n) is 4.41. The summed E-state index contributed by atoms with van der Waals surface area (Å²) in [6, 6.07) is 10.7. The van der Waals surface area contributed by atoms with Crippen LogP contribution in [0.2, 0.25) is 0 Å². The normalized spacial score (nSPS) is 21.7. The maximum atomic E-state index is 6.08. The number of nitrogens with two attached hydrogens (primary N) is 1. The van der Waals surface area contributed by atoms with Crippen LogP contribution in [0.3, 0.4) is 0 Å². The van der Waals surface area contributed by atoms with Crippen molar-refractivity contribution >= 4 is 0 Å². The summed E-state index contributed by atoms with van der Waals surface area (Å²) in [5, 5.41) is 0. The quantitative estimate of drug-likeness (QED) is 0.885. The van der Waals surface area contributed by atoms with Crippen LogP contribution >= 0.6 is 0 Å². The van der Waals surface area contributed by atoms with E-state index >= 15 is 0 Å². The molecule has 1 aromatic carbocycles. The highest BCUT2D eigenvalue weighted by molar-refractivity contribution is 5.18. The summed E-state index contributed by atoms with van der Waals surface area (Å²) in [4.78, 5) is 2.60. The average molecular weight is 246 g/mol. The van der Waals surface area contributed by atoms with Crippen LogP contribution in [0.4, 0.5) is 0 Å². The molecule has 1 saturated heterocycles. The van der Waals surface area contributed by atoms with Gasteiger partial charge in [-0.15, -0.1) is 0 Å². The van der Waals surface area contributed by atoms with Gasteiger partial charge in [-0.05, 0) is 50.8 Å². The van der Waals surface area contributed by atoms with Gasteiger partial charge in [0.15, 0.2) is 0 Å². The van der Waals surface area contributed by atoms with E-state index in [2.05, 4.69) is 49.1 Å². The minimum Gasteiger partial charge on any atom is -0.329 e. The van der Waals surface area contributed by atoms with Crippen LogP contribution in [-0.2, 0) is 6.42 Å². The van der Waals surface area contributed by atoms with Crippen molar-refractivity contribution in [3.63, 3.8) is 0 Å². The molecule has 18 heavy (non-hydrogen) atoms. The van der Waals surface area contributed by atoms with Crippen molar-refractivity contribution in [2.45, 2.75) is 38.6 Å². The highest BCUT2D eigenvalue weighted by atomic mass is 15.2. The highest BCUT2D eigenvalue weighted by Crippen LogP contribution is 2.26. The first-order valence-corrected chi connectivity index (χ1v) is 7.13. The maximum absolute atomic E-state index is 6.08. The predicted octanol–water partition coefficient (Wildman–Crippen LogP) is 2.68. The van der Waals surface area contributed by atoms with Crippen LogP contribution in [-0.4, -0.2) is 30.1 Å².